The van der Waals surface area contributed by atoms with Crippen LogP contribution >= 0.6 is 0 Å². The van der Waals surface area contributed by atoms with E-state index in [-0.39, 0.29) is 6.10 Å². The highest BCUT2D eigenvalue weighted by atomic mass is 16.5. The molecule has 2 fully saturated rings. The van der Waals surface area contributed by atoms with E-state index in [0.717, 1.165) is 46.4 Å². The molecule has 1 aromatic carbocycles. The van der Waals surface area contributed by atoms with Crippen LogP contribution in [-0.4, -0.2) is 47.7 Å². The lowest BCUT2D eigenvalue weighted by molar-refractivity contribution is 0.132. The van der Waals surface area contributed by atoms with E-state index in [4.69, 9.17) is 9.47 Å². The normalized spacial score (nSPS) is 20.8. The minimum absolute atomic E-state index is 0.186. The number of nitrogens with zero attached hydrogens (tertiary/aromatic N) is 6. The van der Waals surface area contributed by atoms with Crippen molar-refractivity contribution in [2.45, 2.75) is 50.8 Å². The van der Waals surface area contributed by atoms with E-state index >= 15 is 0 Å². The maximum absolute atomic E-state index is 6.30. The molecule has 0 radical (unpaired) electrons. The van der Waals surface area contributed by atoms with E-state index in [2.05, 4.69) is 35.7 Å². The van der Waals surface area contributed by atoms with Crippen molar-refractivity contribution in [1.82, 2.24) is 34.9 Å². The first-order valence-corrected chi connectivity index (χ1v) is 12.5. The molecule has 3 atom stereocenters. The highest BCUT2D eigenvalue weighted by molar-refractivity contribution is 5.90. The summed E-state index contributed by atoms with van der Waals surface area (Å²) < 4.78 is 14.1. The number of anilines is 2. The van der Waals surface area contributed by atoms with Gasteiger partial charge in [-0.25, -0.2) is 24.5 Å². The molecule has 10 nitrogen and oxygen atoms in total. The molecule has 5 aromatic rings. The number of nitrogens with one attached hydrogen (secondary N) is 2. The highest BCUT2D eigenvalue weighted by Crippen LogP contribution is 2.32. The molecule has 10 heteroatoms. The van der Waals surface area contributed by atoms with Crippen LogP contribution in [0.3, 0.4) is 0 Å². The minimum atomic E-state index is 0.186. The second kappa shape index (κ2) is 8.97. The summed E-state index contributed by atoms with van der Waals surface area (Å²) in [5.74, 6) is 2.78. The maximum Gasteiger partial charge on any atom is 0.214 e. The van der Waals surface area contributed by atoms with Crippen molar-refractivity contribution >= 4 is 28.1 Å². The molecule has 2 aliphatic heterocycles. The monoisotopic (exact) mass is 494 g/mol. The van der Waals surface area contributed by atoms with Crippen LogP contribution in [0.1, 0.15) is 31.2 Å². The molecule has 2 aliphatic rings. The van der Waals surface area contributed by atoms with Crippen LogP contribution < -0.4 is 20.1 Å². The molecule has 37 heavy (non-hydrogen) atoms. The van der Waals surface area contributed by atoms with Crippen molar-refractivity contribution in [3.8, 4) is 17.4 Å². The zero-order valence-corrected chi connectivity index (χ0v) is 20.3. The van der Waals surface area contributed by atoms with E-state index in [1.165, 1.54) is 19.2 Å². The predicted molar refractivity (Wildman–Crippen MR) is 138 cm³/mol. The molecule has 186 valence electrons. The molecule has 7 rings (SSSR count). The van der Waals surface area contributed by atoms with Gasteiger partial charge in [-0.15, -0.1) is 0 Å². The van der Waals surface area contributed by atoms with Crippen molar-refractivity contribution in [2.24, 2.45) is 0 Å². The summed E-state index contributed by atoms with van der Waals surface area (Å²) in [4.78, 5) is 17.6. The standard InChI is InChI=1S/C27H26N8O2/c1-16-8-17(4-5-24(16)36-20-6-7-35-25(11-20)30-15-32-35)34-27-22-12-26(28-13-23(22)29-14-31-27)37-21-9-18-2-3-19(10-21)33-18/h4-8,11-15,18-19,21,33H,2-3,9-10H2,1H3,(H,29,31,34)/t18-,19+,21?. The lowest BCUT2D eigenvalue weighted by Crippen LogP contribution is -2.42. The number of aryl methyl sites for hydroxylation is 1. The summed E-state index contributed by atoms with van der Waals surface area (Å²) in [6.45, 7) is 2.01. The second-order valence-corrected chi connectivity index (χ2v) is 9.74. The highest BCUT2D eigenvalue weighted by Gasteiger charge is 2.34. The molecular weight excluding hydrogens is 468 g/mol. The Morgan fingerprint density at radius 2 is 1.86 bits per heavy atom. The van der Waals surface area contributed by atoms with Gasteiger partial charge in [-0.3, -0.25) is 0 Å². The summed E-state index contributed by atoms with van der Waals surface area (Å²) in [6, 6.07) is 12.7. The van der Waals surface area contributed by atoms with E-state index in [9.17, 15) is 0 Å². The van der Waals surface area contributed by atoms with Crippen molar-refractivity contribution in [3.05, 3.63) is 67.0 Å². The third kappa shape index (κ3) is 4.40. The molecule has 0 aliphatic carbocycles. The summed E-state index contributed by atoms with van der Waals surface area (Å²) in [5.41, 5.74) is 3.37. The smallest absolute Gasteiger partial charge is 0.214 e. The largest absolute Gasteiger partial charge is 0.474 e. The van der Waals surface area contributed by atoms with Gasteiger partial charge in [0.1, 0.15) is 36.1 Å². The van der Waals surface area contributed by atoms with Gasteiger partial charge in [0.25, 0.3) is 0 Å². The third-order valence-electron chi connectivity index (χ3n) is 7.13. The molecule has 0 amide bonds. The van der Waals surface area contributed by atoms with Crippen LogP contribution in [0.4, 0.5) is 11.5 Å². The van der Waals surface area contributed by atoms with Crippen molar-refractivity contribution in [3.63, 3.8) is 0 Å². The van der Waals surface area contributed by atoms with Crippen LogP contribution in [0.25, 0.3) is 16.6 Å². The number of benzene rings is 1. The number of hydrogen-bond donors (Lipinski definition) is 2. The SMILES string of the molecule is Cc1cc(Nc2ncnc3cnc(OC4C[C@H]5CC[C@@H](C4)N5)cc23)ccc1Oc1ccn2ncnc2c1. The minimum Gasteiger partial charge on any atom is -0.474 e. The molecule has 0 spiro atoms. The number of hydrogen-bond acceptors (Lipinski definition) is 9. The lowest BCUT2D eigenvalue weighted by atomic mass is 10.0. The van der Waals surface area contributed by atoms with Gasteiger partial charge in [-0.2, -0.15) is 5.10 Å². The van der Waals surface area contributed by atoms with Crippen LogP contribution in [-0.2, 0) is 0 Å². The molecular formula is C27H26N8O2. The Kier molecular flexibility index (Phi) is 5.32. The molecule has 6 heterocycles. The Bertz CT molecular complexity index is 1590. The second-order valence-electron chi connectivity index (χ2n) is 9.74. The van der Waals surface area contributed by atoms with Gasteiger partial charge in [0.15, 0.2) is 5.65 Å². The summed E-state index contributed by atoms with van der Waals surface area (Å²) in [5, 5.41) is 12.1. The first kappa shape index (κ1) is 21.9. The average molecular weight is 495 g/mol. The van der Waals surface area contributed by atoms with Crippen molar-refractivity contribution in [1.29, 1.82) is 0 Å². The van der Waals surface area contributed by atoms with Crippen LogP contribution in [0.5, 0.6) is 17.4 Å². The van der Waals surface area contributed by atoms with Gasteiger partial charge < -0.3 is 20.1 Å². The Labute approximate surface area is 213 Å². The number of piperidine rings is 1. The van der Waals surface area contributed by atoms with Gasteiger partial charge >= 0.3 is 0 Å². The fraction of sp³-hybridized carbons (Fsp3) is 0.296. The van der Waals surface area contributed by atoms with Gasteiger partial charge in [0.2, 0.25) is 5.88 Å². The zero-order chi connectivity index (χ0) is 24.8. The molecule has 2 saturated heterocycles. The number of fused-ring (bicyclic) bond motifs is 4. The Balaban J connectivity index is 1.10. The summed E-state index contributed by atoms with van der Waals surface area (Å²) in [6.07, 6.45) is 11.3. The van der Waals surface area contributed by atoms with E-state index in [1.54, 1.807) is 17.0 Å². The summed E-state index contributed by atoms with van der Waals surface area (Å²) in [7, 11) is 0. The van der Waals surface area contributed by atoms with Gasteiger partial charge in [0, 0.05) is 41.5 Å². The quantitative estimate of drug-likeness (QED) is 0.350. The molecule has 4 aromatic heterocycles. The van der Waals surface area contributed by atoms with E-state index < -0.39 is 0 Å². The van der Waals surface area contributed by atoms with E-state index in [1.807, 2.05) is 49.5 Å². The molecule has 1 unspecified atom stereocenters. The molecule has 2 N–H and O–H groups in total. The van der Waals surface area contributed by atoms with Crippen molar-refractivity contribution < 1.29 is 9.47 Å². The van der Waals surface area contributed by atoms with Crippen LogP contribution in [0.2, 0.25) is 0 Å². The predicted octanol–water partition coefficient (Wildman–Crippen LogP) is 4.57. The zero-order valence-electron chi connectivity index (χ0n) is 20.3. The molecule has 2 bridgehead atoms. The van der Waals surface area contributed by atoms with Crippen molar-refractivity contribution in [2.75, 3.05) is 5.32 Å². The molecule has 0 saturated carbocycles. The fourth-order valence-electron chi connectivity index (χ4n) is 5.34. The maximum atomic E-state index is 6.30. The van der Waals surface area contributed by atoms with E-state index in [0.29, 0.717) is 29.5 Å². The summed E-state index contributed by atoms with van der Waals surface area (Å²) >= 11 is 0. The average Bonchev–Trinajstić information content (AvgIpc) is 3.51. The van der Waals surface area contributed by atoms with Gasteiger partial charge in [-0.05, 0) is 62.4 Å². The Morgan fingerprint density at radius 3 is 2.73 bits per heavy atom. The number of ether oxygens (including phenoxy) is 2. The third-order valence-corrected chi connectivity index (χ3v) is 7.13. The number of pyridine rings is 2. The fourth-order valence-corrected chi connectivity index (χ4v) is 5.34. The van der Waals surface area contributed by atoms with Crippen LogP contribution in [0, 0.1) is 6.92 Å². The van der Waals surface area contributed by atoms with Gasteiger partial charge in [-0.1, -0.05) is 0 Å². The van der Waals surface area contributed by atoms with Gasteiger partial charge in [0.05, 0.1) is 11.7 Å². The lowest BCUT2D eigenvalue weighted by Gasteiger charge is -2.29. The van der Waals surface area contributed by atoms with Crippen LogP contribution in [0.15, 0.2) is 61.4 Å². The Morgan fingerprint density at radius 1 is 0.973 bits per heavy atom. The first-order chi connectivity index (χ1) is 18.2. The number of aromatic nitrogens is 6. The topological polar surface area (TPSA) is 111 Å². The first-order valence-electron chi connectivity index (χ1n) is 12.5. The number of rotatable bonds is 6. The Hall–Kier alpha value is -4.31.